The summed E-state index contributed by atoms with van der Waals surface area (Å²) >= 11 is 0. The predicted octanol–water partition coefficient (Wildman–Crippen LogP) is 2.13. The molecule has 2 fully saturated rings. The summed E-state index contributed by atoms with van der Waals surface area (Å²) in [7, 11) is 2.21. The number of ether oxygens (including phenoxy) is 2. The molecule has 2 aliphatic heterocycles. The first-order valence-electron chi connectivity index (χ1n) is 8.03. The fraction of sp³-hybridized carbons (Fsp3) is 0.647. The molecule has 116 valence electrons. The zero-order chi connectivity index (χ0) is 14.5. The Labute approximate surface area is 127 Å². The number of rotatable bonds is 4. The predicted molar refractivity (Wildman–Crippen MR) is 83.2 cm³/mol. The van der Waals surface area contributed by atoms with Crippen molar-refractivity contribution in [3.63, 3.8) is 0 Å². The molecule has 0 radical (unpaired) electrons. The molecule has 2 heterocycles. The van der Waals surface area contributed by atoms with E-state index >= 15 is 0 Å². The number of nitrogens with zero attached hydrogens (tertiary/aromatic N) is 2. The lowest BCUT2D eigenvalue weighted by atomic mass is 10.0. The highest BCUT2D eigenvalue weighted by Crippen LogP contribution is 2.25. The molecule has 4 heteroatoms. The molecule has 2 saturated heterocycles. The molecule has 0 bridgehead atoms. The molecule has 2 aliphatic rings. The van der Waals surface area contributed by atoms with Gasteiger partial charge in [0.2, 0.25) is 0 Å². The van der Waals surface area contributed by atoms with Gasteiger partial charge in [0.05, 0.1) is 13.2 Å². The first-order chi connectivity index (χ1) is 10.3. The van der Waals surface area contributed by atoms with Gasteiger partial charge in [0, 0.05) is 38.6 Å². The van der Waals surface area contributed by atoms with E-state index in [2.05, 4.69) is 47.2 Å². The maximum atomic E-state index is 5.67. The van der Waals surface area contributed by atoms with Crippen LogP contribution in [0, 0.1) is 0 Å². The molecule has 1 aromatic rings. The van der Waals surface area contributed by atoms with Crippen molar-refractivity contribution in [1.29, 1.82) is 0 Å². The number of hydrogen-bond acceptors (Lipinski definition) is 4. The third-order valence-electron chi connectivity index (χ3n) is 4.43. The minimum atomic E-state index is -0.00479. The van der Waals surface area contributed by atoms with E-state index in [-0.39, 0.29) is 6.29 Å². The summed E-state index contributed by atoms with van der Waals surface area (Å²) in [6, 6.07) is 11.3. The molecule has 1 atom stereocenters. The Hall–Kier alpha value is -0.940. The van der Waals surface area contributed by atoms with Gasteiger partial charge >= 0.3 is 0 Å². The van der Waals surface area contributed by atoms with E-state index in [0.717, 1.165) is 52.2 Å². The normalized spacial score (nSPS) is 26.0. The molecule has 0 aliphatic carbocycles. The lowest BCUT2D eigenvalue weighted by Crippen LogP contribution is -2.47. The Bertz CT molecular complexity index is 420. The van der Waals surface area contributed by atoms with Crippen LogP contribution in [0.25, 0.3) is 0 Å². The molecule has 0 amide bonds. The highest BCUT2D eigenvalue weighted by molar-refractivity contribution is 5.20. The van der Waals surface area contributed by atoms with Crippen LogP contribution >= 0.6 is 0 Å². The van der Waals surface area contributed by atoms with Crippen molar-refractivity contribution in [2.24, 2.45) is 0 Å². The largest absolute Gasteiger partial charge is 0.353 e. The average Bonchev–Trinajstić information content (AvgIpc) is 2.55. The molecule has 1 aromatic carbocycles. The Morgan fingerprint density at radius 1 is 1.10 bits per heavy atom. The summed E-state index contributed by atoms with van der Waals surface area (Å²) in [5.74, 6) is 0. The summed E-state index contributed by atoms with van der Waals surface area (Å²) < 4.78 is 11.3. The molecule has 0 saturated carbocycles. The summed E-state index contributed by atoms with van der Waals surface area (Å²) in [4.78, 5) is 5.00. The van der Waals surface area contributed by atoms with Crippen LogP contribution in [-0.2, 0) is 9.47 Å². The van der Waals surface area contributed by atoms with Gasteiger partial charge < -0.3 is 14.4 Å². The second-order valence-corrected chi connectivity index (χ2v) is 6.04. The van der Waals surface area contributed by atoms with Gasteiger partial charge in [-0.05, 0) is 19.0 Å². The van der Waals surface area contributed by atoms with E-state index in [1.807, 2.05) is 0 Å². The summed E-state index contributed by atoms with van der Waals surface area (Å²) in [6.07, 6.45) is 1.99. The Morgan fingerprint density at radius 3 is 2.62 bits per heavy atom. The van der Waals surface area contributed by atoms with E-state index in [4.69, 9.17) is 9.47 Å². The quantitative estimate of drug-likeness (QED) is 0.848. The Kier molecular flexibility index (Phi) is 5.25. The van der Waals surface area contributed by atoms with Gasteiger partial charge in [0.1, 0.15) is 0 Å². The van der Waals surface area contributed by atoms with Crippen molar-refractivity contribution >= 4 is 0 Å². The molecule has 0 aromatic heterocycles. The first-order valence-corrected chi connectivity index (χ1v) is 8.03. The molecule has 4 nitrogen and oxygen atoms in total. The fourth-order valence-electron chi connectivity index (χ4n) is 3.19. The summed E-state index contributed by atoms with van der Waals surface area (Å²) in [5, 5.41) is 0. The first kappa shape index (κ1) is 15.0. The number of hydrogen-bond donors (Lipinski definition) is 0. The minimum absolute atomic E-state index is 0.00479. The van der Waals surface area contributed by atoms with Gasteiger partial charge in [0.15, 0.2) is 6.29 Å². The second kappa shape index (κ2) is 7.36. The van der Waals surface area contributed by atoms with Crippen molar-refractivity contribution in [1.82, 2.24) is 9.80 Å². The van der Waals surface area contributed by atoms with Crippen LogP contribution in [0.1, 0.15) is 24.4 Å². The van der Waals surface area contributed by atoms with Crippen molar-refractivity contribution in [2.45, 2.75) is 25.2 Å². The molecule has 0 spiro atoms. The fourth-order valence-corrected chi connectivity index (χ4v) is 3.19. The van der Waals surface area contributed by atoms with Crippen molar-refractivity contribution < 1.29 is 9.47 Å². The van der Waals surface area contributed by atoms with Crippen LogP contribution in [0.5, 0.6) is 0 Å². The van der Waals surface area contributed by atoms with Gasteiger partial charge in [-0.15, -0.1) is 0 Å². The third kappa shape index (κ3) is 4.04. The number of likely N-dealkylation sites (N-methyl/N-ethyl adjacent to an activating group) is 1. The average molecular weight is 290 g/mol. The van der Waals surface area contributed by atoms with Crippen LogP contribution in [0.3, 0.4) is 0 Å². The molecule has 1 unspecified atom stereocenters. The lowest BCUT2D eigenvalue weighted by Gasteiger charge is -2.41. The zero-order valence-corrected chi connectivity index (χ0v) is 12.9. The van der Waals surface area contributed by atoms with Gasteiger partial charge in [-0.3, -0.25) is 4.90 Å². The van der Waals surface area contributed by atoms with Gasteiger partial charge in [0.25, 0.3) is 0 Å². The molecular formula is C17H26N2O2. The van der Waals surface area contributed by atoms with E-state index in [9.17, 15) is 0 Å². The van der Waals surface area contributed by atoms with E-state index < -0.39 is 0 Å². The third-order valence-corrected chi connectivity index (χ3v) is 4.43. The van der Waals surface area contributed by atoms with Crippen LogP contribution in [-0.4, -0.2) is 62.5 Å². The van der Waals surface area contributed by atoms with Crippen molar-refractivity contribution in [3.05, 3.63) is 35.9 Å². The number of benzene rings is 1. The standard InChI is InChI=1S/C17H26N2O2/c1-18-10-11-19(9-8-17-20-12-5-13-21-17)16(14-18)15-6-3-2-4-7-15/h2-4,6-7,16-17H,5,8-14H2,1H3. The summed E-state index contributed by atoms with van der Waals surface area (Å²) in [5.41, 5.74) is 1.41. The molecule has 0 N–H and O–H groups in total. The Morgan fingerprint density at radius 2 is 1.86 bits per heavy atom. The highest BCUT2D eigenvalue weighted by atomic mass is 16.7. The van der Waals surface area contributed by atoms with Crippen LogP contribution in [0.2, 0.25) is 0 Å². The lowest BCUT2D eigenvalue weighted by molar-refractivity contribution is -0.183. The highest BCUT2D eigenvalue weighted by Gasteiger charge is 2.27. The van der Waals surface area contributed by atoms with Crippen LogP contribution < -0.4 is 0 Å². The van der Waals surface area contributed by atoms with Gasteiger partial charge in [-0.25, -0.2) is 0 Å². The van der Waals surface area contributed by atoms with Crippen LogP contribution in [0.15, 0.2) is 30.3 Å². The van der Waals surface area contributed by atoms with Gasteiger partial charge in [-0.2, -0.15) is 0 Å². The number of piperazine rings is 1. The van der Waals surface area contributed by atoms with E-state index in [0.29, 0.717) is 6.04 Å². The van der Waals surface area contributed by atoms with Gasteiger partial charge in [-0.1, -0.05) is 30.3 Å². The molecular weight excluding hydrogens is 264 g/mol. The maximum Gasteiger partial charge on any atom is 0.158 e. The summed E-state index contributed by atoms with van der Waals surface area (Å²) in [6.45, 7) is 6.07. The molecule has 21 heavy (non-hydrogen) atoms. The molecule has 3 rings (SSSR count). The van der Waals surface area contributed by atoms with Crippen molar-refractivity contribution in [3.8, 4) is 0 Å². The smallest absolute Gasteiger partial charge is 0.158 e. The van der Waals surface area contributed by atoms with E-state index in [1.54, 1.807) is 0 Å². The zero-order valence-electron chi connectivity index (χ0n) is 12.9. The maximum absolute atomic E-state index is 5.67. The Balaban J connectivity index is 1.61. The monoisotopic (exact) mass is 290 g/mol. The SMILES string of the molecule is CN1CCN(CCC2OCCCO2)C(c2ccccc2)C1. The van der Waals surface area contributed by atoms with E-state index in [1.165, 1.54) is 5.56 Å². The second-order valence-electron chi connectivity index (χ2n) is 6.04. The van der Waals surface area contributed by atoms with Crippen LogP contribution in [0.4, 0.5) is 0 Å². The van der Waals surface area contributed by atoms with Crippen molar-refractivity contribution in [2.75, 3.05) is 46.4 Å². The minimum Gasteiger partial charge on any atom is -0.353 e. The topological polar surface area (TPSA) is 24.9 Å².